The van der Waals surface area contributed by atoms with E-state index in [2.05, 4.69) is 10.2 Å². The molecule has 1 atom stereocenters. The van der Waals surface area contributed by atoms with Crippen LogP contribution in [-0.4, -0.2) is 23.1 Å². The first kappa shape index (κ1) is 18.3. The molecule has 0 unspecified atom stereocenters. The maximum Gasteiger partial charge on any atom is 0.323 e. The zero-order valence-electron chi connectivity index (χ0n) is 13.5. The van der Waals surface area contributed by atoms with Gasteiger partial charge in [-0.15, -0.1) is 0 Å². The molecular weight excluding hydrogens is 322 g/mol. The van der Waals surface area contributed by atoms with Gasteiger partial charge in [0.05, 0.1) is 18.7 Å². The molecule has 0 saturated carbocycles. The second kappa shape index (κ2) is 9.29. The molecule has 25 heavy (non-hydrogen) atoms. The first-order valence-corrected chi connectivity index (χ1v) is 7.69. The standard InChI is InChI=1S/C18H19N3O4/c19-16(10-17(22)23)18(24)25-12-14-7-4-8-15(9-14)21-20-11-13-5-2-1-3-6-13/h1-9,16H,10-12,19H2,(H,22,23)/t16-/m0/s1. The average Bonchev–Trinajstić information content (AvgIpc) is 2.60. The lowest BCUT2D eigenvalue weighted by Crippen LogP contribution is -2.34. The van der Waals surface area contributed by atoms with Crippen molar-refractivity contribution in [2.24, 2.45) is 16.0 Å². The quantitative estimate of drug-likeness (QED) is 0.566. The Bertz CT molecular complexity index is 747. The number of carbonyl (C=O) groups is 2. The van der Waals surface area contributed by atoms with Gasteiger partial charge in [0.25, 0.3) is 0 Å². The van der Waals surface area contributed by atoms with Crippen LogP contribution in [0.25, 0.3) is 0 Å². The van der Waals surface area contributed by atoms with Gasteiger partial charge in [-0.25, -0.2) is 0 Å². The van der Waals surface area contributed by atoms with Gasteiger partial charge in [0.15, 0.2) is 0 Å². The molecule has 0 saturated heterocycles. The van der Waals surface area contributed by atoms with E-state index in [0.29, 0.717) is 17.8 Å². The molecule has 0 aliphatic rings. The summed E-state index contributed by atoms with van der Waals surface area (Å²) >= 11 is 0. The largest absolute Gasteiger partial charge is 0.481 e. The Labute approximate surface area is 145 Å². The number of carboxylic acid groups (broad SMARTS) is 1. The number of hydrogen-bond donors (Lipinski definition) is 2. The monoisotopic (exact) mass is 341 g/mol. The number of nitrogens with two attached hydrogens (primary N) is 1. The first-order chi connectivity index (χ1) is 12.0. The number of ether oxygens (including phenoxy) is 1. The van der Waals surface area contributed by atoms with E-state index in [9.17, 15) is 9.59 Å². The van der Waals surface area contributed by atoms with Crippen molar-refractivity contribution in [2.75, 3.05) is 0 Å². The van der Waals surface area contributed by atoms with E-state index in [1.54, 1.807) is 24.3 Å². The zero-order chi connectivity index (χ0) is 18.1. The maximum atomic E-state index is 11.6. The van der Waals surface area contributed by atoms with E-state index in [1.165, 1.54) is 0 Å². The molecular formula is C18H19N3O4. The van der Waals surface area contributed by atoms with Crippen LogP contribution in [0.2, 0.25) is 0 Å². The van der Waals surface area contributed by atoms with Gasteiger partial charge >= 0.3 is 11.9 Å². The lowest BCUT2D eigenvalue weighted by molar-refractivity contribution is -0.150. The predicted molar refractivity (Wildman–Crippen MR) is 91.1 cm³/mol. The normalized spacial score (nSPS) is 12.0. The fraction of sp³-hybridized carbons (Fsp3) is 0.222. The number of aliphatic carboxylic acids is 1. The average molecular weight is 341 g/mol. The molecule has 7 heteroatoms. The van der Waals surface area contributed by atoms with Crippen molar-refractivity contribution in [3.8, 4) is 0 Å². The lowest BCUT2D eigenvalue weighted by Gasteiger charge is -2.09. The summed E-state index contributed by atoms with van der Waals surface area (Å²) in [4.78, 5) is 22.1. The number of benzene rings is 2. The van der Waals surface area contributed by atoms with E-state index in [-0.39, 0.29) is 6.61 Å². The van der Waals surface area contributed by atoms with Crippen LogP contribution in [0.3, 0.4) is 0 Å². The van der Waals surface area contributed by atoms with Crippen LogP contribution in [-0.2, 0) is 27.5 Å². The molecule has 2 rings (SSSR count). The summed E-state index contributed by atoms with van der Waals surface area (Å²) in [6, 6.07) is 15.7. The van der Waals surface area contributed by atoms with Crippen LogP contribution in [0.5, 0.6) is 0 Å². The summed E-state index contributed by atoms with van der Waals surface area (Å²) in [6.07, 6.45) is -0.466. The van der Waals surface area contributed by atoms with Gasteiger partial charge < -0.3 is 15.6 Å². The highest BCUT2D eigenvalue weighted by Crippen LogP contribution is 2.16. The third-order valence-corrected chi connectivity index (χ3v) is 3.27. The predicted octanol–water partition coefficient (Wildman–Crippen LogP) is 2.82. The van der Waals surface area contributed by atoms with E-state index < -0.39 is 24.4 Å². The Morgan fingerprint density at radius 3 is 2.52 bits per heavy atom. The molecule has 0 radical (unpaired) electrons. The molecule has 0 aliphatic carbocycles. The van der Waals surface area contributed by atoms with Gasteiger partial charge in [-0.1, -0.05) is 42.5 Å². The molecule has 3 N–H and O–H groups in total. The molecule has 0 bridgehead atoms. The molecule has 0 aliphatic heterocycles. The molecule has 0 aromatic heterocycles. The van der Waals surface area contributed by atoms with E-state index in [1.807, 2.05) is 30.3 Å². The highest BCUT2D eigenvalue weighted by atomic mass is 16.5. The Morgan fingerprint density at radius 1 is 1.08 bits per heavy atom. The fourth-order valence-electron chi connectivity index (χ4n) is 2.02. The number of esters is 1. The maximum absolute atomic E-state index is 11.6. The number of azo groups is 1. The van der Waals surface area contributed by atoms with Gasteiger partial charge in [0.2, 0.25) is 0 Å². The lowest BCUT2D eigenvalue weighted by atomic mass is 10.2. The molecule has 7 nitrogen and oxygen atoms in total. The van der Waals surface area contributed by atoms with Crippen LogP contribution in [0.4, 0.5) is 5.69 Å². The summed E-state index contributed by atoms with van der Waals surface area (Å²) in [6.45, 7) is 0.471. The van der Waals surface area contributed by atoms with Gasteiger partial charge in [-0.2, -0.15) is 10.2 Å². The Hall–Kier alpha value is -3.06. The highest BCUT2D eigenvalue weighted by Gasteiger charge is 2.18. The Balaban J connectivity index is 1.88. The van der Waals surface area contributed by atoms with Gasteiger partial charge in [0.1, 0.15) is 12.6 Å². The third kappa shape index (κ3) is 6.52. The number of nitrogens with zero attached hydrogens (tertiary/aromatic N) is 2. The van der Waals surface area contributed by atoms with Crippen molar-refractivity contribution in [2.45, 2.75) is 25.6 Å². The third-order valence-electron chi connectivity index (χ3n) is 3.27. The van der Waals surface area contributed by atoms with Crippen molar-refractivity contribution in [3.63, 3.8) is 0 Å². The van der Waals surface area contributed by atoms with Gasteiger partial charge in [0, 0.05) is 0 Å². The van der Waals surface area contributed by atoms with E-state index in [4.69, 9.17) is 15.6 Å². The summed E-state index contributed by atoms with van der Waals surface area (Å²) in [5, 5.41) is 16.9. The molecule has 2 aromatic carbocycles. The molecule has 0 fully saturated rings. The first-order valence-electron chi connectivity index (χ1n) is 7.69. The van der Waals surface area contributed by atoms with Gasteiger partial charge in [-0.3, -0.25) is 9.59 Å². The van der Waals surface area contributed by atoms with Crippen LogP contribution in [0.15, 0.2) is 64.8 Å². The van der Waals surface area contributed by atoms with Crippen molar-refractivity contribution >= 4 is 17.6 Å². The number of carbonyl (C=O) groups excluding carboxylic acids is 1. The van der Waals surface area contributed by atoms with Crippen molar-refractivity contribution in [1.29, 1.82) is 0 Å². The highest BCUT2D eigenvalue weighted by molar-refractivity contribution is 5.81. The van der Waals surface area contributed by atoms with Crippen LogP contribution >= 0.6 is 0 Å². The number of rotatable bonds is 8. The van der Waals surface area contributed by atoms with Crippen molar-refractivity contribution < 1.29 is 19.4 Å². The van der Waals surface area contributed by atoms with Crippen molar-refractivity contribution in [3.05, 3.63) is 65.7 Å². The Morgan fingerprint density at radius 2 is 1.80 bits per heavy atom. The van der Waals surface area contributed by atoms with Crippen LogP contribution in [0.1, 0.15) is 17.5 Å². The molecule has 0 amide bonds. The minimum absolute atomic E-state index is 0.00576. The van der Waals surface area contributed by atoms with Crippen LogP contribution < -0.4 is 5.73 Å². The van der Waals surface area contributed by atoms with Crippen molar-refractivity contribution in [1.82, 2.24) is 0 Å². The SMILES string of the molecule is N[C@@H](CC(=O)O)C(=O)OCc1cccc(N=NCc2ccccc2)c1. The topological polar surface area (TPSA) is 114 Å². The molecule has 130 valence electrons. The molecule has 0 spiro atoms. The summed E-state index contributed by atoms with van der Waals surface area (Å²) in [5.74, 6) is -1.90. The summed E-state index contributed by atoms with van der Waals surface area (Å²) < 4.78 is 5.02. The molecule has 2 aromatic rings. The number of carboxylic acids is 1. The molecule has 0 heterocycles. The Kier molecular flexibility index (Phi) is 6.79. The number of hydrogen-bond acceptors (Lipinski definition) is 6. The fourth-order valence-corrected chi connectivity index (χ4v) is 2.02. The second-order valence-corrected chi connectivity index (χ2v) is 5.37. The minimum Gasteiger partial charge on any atom is -0.481 e. The second-order valence-electron chi connectivity index (χ2n) is 5.37. The van der Waals surface area contributed by atoms with E-state index in [0.717, 1.165) is 5.56 Å². The van der Waals surface area contributed by atoms with Crippen LogP contribution in [0, 0.1) is 0 Å². The summed E-state index contributed by atoms with van der Waals surface area (Å²) in [7, 11) is 0. The summed E-state index contributed by atoms with van der Waals surface area (Å²) in [5.41, 5.74) is 7.86. The zero-order valence-corrected chi connectivity index (χ0v) is 13.5. The smallest absolute Gasteiger partial charge is 0.323 e. The van der Waals surface area contributed by atoms with E-state index >= 15 is 0 Å². The minimum atomic E-state index is -1.17. The van der Waals surface area contributed by atoms with Gasteiger partial charge in [-0.05, 0) is 23.3 Å².